The first kappa shape index (κ1) is 18.6. The maximum atomic E-state index is 13.4. The van der Waals surface area contributed by atoms with Crippen molar-refractivity contribution in [2.75, 3.05) is 13.1 Å². The van der Waals surface area contributed by atoms with Crippen LogP contribution in [-0.2, 0) is 26.2 Å². The van der Waals surface area contributed by atoms with Crippen molar-refractivity contribution < 1.29 is 26.9 Å². The molecule has 1 atom stereocenters. The quantitative estimate of drug-likeness (QED) is 0.812. The number of nitrogens with zero attached hydrogens (tertiary/aromatic N) is 2. The van der Waals surface area contributed by atoms with E-state index in [1.54, 1.807) is 12.1 Å². The number of amides is 1. The maximum Gasteiger partial charge on any atom is 0.269 e. The number of carbonyl (C=O) groups excluding carboxylic acids is 1. The third-order valence-electron chi connectivity index (χ3n) is 4.82. The van der Waals surface area contributed by atoms with E-state index in [0.717, 1.165) is 6.07 Å². The van der Waals surface area contributed by atoms with E-state index >= 15 is 0 Å². The molecule has 1 spiro atoms. The lowest BCUT2D eigenvalue weighted by Gasteiger charge is -2.21. The van der Waals surface area contributed by atoms with E-state index < -0.39 is 21.4 Å². The number of hydrogen-bond acceptors (Lipinski definition) is 6. The van der Waals surface area contributed by atoms with E-state index in [1.807, 2.05) is 0 Å². The van der Waals surface area contributed by atoms with Crippen LogP contribution in [0.5, 0.6) is 0 Å². The molecule has 1 aromatic heterocycles. The second-order valence-electron chi connectivity index (χ2n) is 6.80. The highest BCUT2D eigenvalue weighted by Crippen LogP contribution is 2.36. The van der Waals surface area contributed by atoms with Crippen molar-refractivity contribution in [2.24, 2.45) is 5.16 Å². The van der Waals surface area contributed by atoms with Gasteiger partial charge in [-0.1, -0.05) is 11.2 Å². The number of rotatable bonds is 5. The van der Waals surface area contributed by atoms with Crippen LogP contribution in [-0.4, -0.2) is 43.0 Å². The second kappa shape index (κ2) is 7.02. The van der Waals surface area contributed by atoms with E-state index in [2.05, 4.69) is 10.5 Å². The fourth-order valence-corrected chi connectivity index (χ4v) is 4.88. The zero-order chi connectivity index (χ0) is 19.8. The predicted molar refractivity (Wildman–Crippen MR) is 96.2 cm³/mol. The topological polar surface area (TPSA) is 101 Å². The Balaban J connectivity index is 1.40. The minimum absolute atomic E-state index is 0.0459. The fraction of sp³-hybridized carbons (Fsp3) is 0.333. The molecule has 1 saturated heterocycles. The highest BCUT2D eigenvalue weighted by atomic mass is 32.2. The average molecular weight is 407 g/mol. The molecule has 0 saturated carbocycles. The van der Waals surface area contributed by atoms with Gasteiger partial charge in [-0.05, 0) is 30.3 Å². The van der Waals surface area contributed by atoms with Crippen molar-refractivity contribution in [3.8, 4) is 0 Å². The molecule has 0 aliphatic carbocycles. The van der Waals surface area contributed by atoms with Crippen LogP contribution in [0.3, 0.4) is 0 Å². The zero-order valence-electron chi connectivity index (χ0n) is 14.8. The molecule has 148 valence electrons. The summed E-state index contributed by atoms with van der Waals surface area (Å²) < 4.78 is 45.3. The van der Waals surface area contributed by atoms with Gasteiger partial charge in [0.2, 0.25) is 10.0 Å². The average Bonchev–Trinajstić information content (AvgIpc) is 3.42. The fourth-order valence-electron chi connectivity index (χ4n) is 3.33. The molecular formula is C18H18FN3O5S. The molecule has 0 unspecified atom stereocenters. The third-order valence-corrected chi connectivity index (χ3v) is 6.66. The summed E-state index contributed by atoms with van der Waals surface area (Å²) in [5, 5.41) is 6.56. The monoisotopic (exact) mass is 407 g/mol. The van der Waals surface area contributed by atoms with E-state index in [9.17, 15) is 17.6 Å². The van der Waals surface area contributed by atoms with Gasteiger partial charge < -0.3 is 14.6 Å². The van der Waals surface area contributed by atoms with Crippen molar-refractivity contribution in [1.82, 2.24) is 9.62 Å². The Morgan fingerprint density at radius 3 is 2.93 bits per heavy atom. The summed E-state index contributed by atoms with van der Waals surface area (Å²) in [6.07, 6.45) is 2.10. The van der Waals surface area contributed by atoms with E-state index in [4.69, 9.17) is 9.25 Å². The maximum absolute atomic E-state index is 13.4. The standard InChI is InChI=1S/C18H18FN3O5S/c19-13-3-1-5-15(9-13)28(24,25)22-7-6-18(12-22)10-16(21-27-18)17(23)20-11-14-4-2-8-26-14/h1-5,8-9H,6-7,10-12H2,(H,20,23)/t18-/m0/s1. The molecule has 1 N–H and O–H groups in total. The summed E-state index contributed by atoms with van der Waals surface area (Å²) in [5.74, 6) is -0.401. The second-order valence-corrected chi connectivity index (χ2v) is 8.74. The Kier molecular flexibility index (Phi) is 4.68. The van der Waals surface area contributed by atoms with Crippen LogP contribution in [0.4, 0.5) is 4.39 Å². The molecule has 10 heteroatoms. The Labute approximate surface area is 161 Å². The predicted octanol–water partition coefficient (Wildman–Crippen LogP) is 1.64. The smallest absolute Gasteiger partial charge is 0.269 e. The third kappa shape index (κ3) is 3.52. The van der Waals surface area contributed by atoms with Gasteiger partial charge in [-0.25, -0.2) is 12.8 Å². The number of halogens is 1. The van der Waals surface area contributed by atoms with Crippen LogP contribution < -0.4 is 5.32 Å². The number of sulfonamides is 1. The summed E-state index contributed by atoms with van der Waals surface area (Å²) in [6, 6.07) is 8.33. The van der Waals surface area contributed by atoms with Crippen LogP contribution in [0.2, 0.25) is 0 Å². The summed E-state index contributed by atoms with van der Waals surface area (Å²) in [6.45, 7) is 0.470. The number of hydrogen-bond donors (Lipinski definition) is 1. The Hall–Kier alpha value is -2.72. The minimum Gasteiger partial charge on any atom is -0.467 e. The van der Waals surface area contributed by atoms with E-state index in [0.29, 0.717) is 12.2 Å². The normalized spacial score (nSPS) is 22.2. The minimum atomic E-state index is -3.85. The zero-order valence-corrected chi connectivity index (χ0v) is 15.6. The number of benzene rings is 1. The summed E-state index contributed by atoms with van der Waals surface area (Å²) in [7, 11) is -3.85. The first-order valence-corrected chi connectivity index (χ1v) is 10.1. The van der Waals surface area contributed by atoms with Gasteiger partial charge in [0.05, 0.1) is 24.2 Å². The highest BCUT2D eigenvalue weighted by molar-refractivity contribution is 7.89. The summed E-state index contributed by atoms with van der Waals surface area (Å²) in [5.41, 5.74) is -0.672. The van der Waals surface area contributed by atoms with Crippen LogP contribution in [0.15, 0.2) is 57.1 Å². The van der Waals surface area contributed by atoms with Crippen molar-refractivity contribution in [3.63, 3.8) is 0 Å². The van der Waals surface area contributed by atoms with Gasteiger partial charge in [-0.3, -0.25) is 4.79 Å². The lowest BCUT2D eigenvalue weighted by Crippen LogP contribution is -2.38. The molecule has 0 radical (unpaired) electrons. The Morgan fingerprint density at radius 2 is 2.18 bits per heavy atom. The molecule has 0 bridgehead atoms. The molecule has 4 rings (SSSR count). The Morgan fingerprint density at radius 1 is 1.32 bits per heavy atom. The molecule has 2 aromatic rings. The van der Waals surface area contributed by atoms with Crippen molar-refractivity contribution in [2.45, 2.75) is 29.9 Å². The van der Waals surface area contributed by atoms with Gasteiger partial charge in [-0.2, -0.15) is 4.31 Å². The van der Waals surface area contributed by atoms with Gasteiger partial charge in [0.15, 0.2) is 5.60 Å². The van der Waals surface area contributed by atoms with E-state index in [-0.39, 0.29) is 42.6 Å². The van der Waals surface area contributed by atoms with Gasteiger partial charge in [-0.15, -0.1) is 0 Å². The molecule has 28 heavy (non-hydrogen) atoms. The molecule has 1 amide bonds. The highest BCUT2D eigenvalue weighted by Gasteiger charge is 2.49. The molecule has 8 nitrogen and oxygen atoms in total. The first-order chi connectivity index (χ1) is 13.4. The summed E-state index contributed by atoms with van der Waals surface area (Å²) >= 11 is 0. The molecule has 3 heterocycles. The molecule has 1 fully saturated rings. The number of furan rings is 1. The number of carbonyl (C=O) groups is 1. The van der Waals surface area contributed by atoms with Crippen molar-refractivity contribution in [1.29, 1.82) is 0 Å². The summed E-state index contributed by atoms with van der Waals surface area (Å²) in [4.78, 5) is 17.7. The molecular weight excluding hydrogens is 389 g/mol. The largest absolute Gasteiger partial charge is 0.467 e. The Bertz CT molecular complexity index is 1020. The van der Waals surface area contributed by atoms with Crippen LogP contribution in [0.1, 0.15) is 18.6 Å². The lowest BCUT2D eigenvalue weighted by molar-refractivity contribution is -0.115. The molecule has 1 aromatic carbocycles. The van der Waals surface area contributed by atoms with Gasteiger partial charge in [0, 0.05) is 19.4 Å². The van der Waals surface area contributed by atoms with Gasteiger partial charge in [0.25, 0.3) is 5.91 Å². The van der Waals surface area contributed by atoms with Crippen LogP contribution in [0, 0.1) is 5.82 Å². The molecule has 2 aliphatic rings. The van der Waals surface area contributed by atoms with E-state index in [1.165, 1.54) is 28.8 Å². The first-order valence-electron chi connectivity index (χ1n) is 8.69. The number of oxime groups is 1. The van der Waals surface area contributed by atoms with Crippen LogP contribution in [0.25, 0.3) is 0 Å². The van der Waals surface area contributed by atoms with Gasteiger partial charge in [0.1, 0.15) is 17.3 Å². The van der Waals surface area contributed by atoms with Gasteiger partial charge >= 0.3 is 0 Å². The van der Waals surface area contributed by atoms with Crippen LogP contribution >= 0.6 is 0 Å². The van der Waals surface area contributed by atoms with Crippen molar-refractivity contribution >= 4 is 21.6 Å². The SMILES string of the molecule is O=C(NCc1ccco1)C1=NO[C@@]2(CCN(S(=O)(=O)c3cccc(F)c3)C2)C1. The number of nitrogens with one attached hydrogen (secondary N) is 1. The van der Waals surface area contributed by atoms with Crippen molar-refractivity contribution in [3.05, 3.63) is 54.2 Å². The molecule has 2 aliphatic heterocycles. The lowest BCUT2D eigenvalue weighted by atomic mass is 9.96.